The van der Waals surface area contributed by atoms with Crippen molar-refractivity contribution in [3.05, 3.63) is 0 Å². The third-order valence-electron chi connectivity index (χ3n) is 4.41. The molecule has 2 amide bonds. The van der Waals surface area contributed by atoms with Crippen molar-refractivity contribution < 1.29 is 27.5 Å². The average Bonchev–Trinajstić information content (AvgIpc) is 2.65. The number of nitrogens with zero attached hydrogens (tertiary/aromatic N) is 3. The number of likely N-dealkylation sites (N-methyl/N-ethyl adjacent to an activating group) is 1. The van der Waals surface area contributed by atoms with Crippen molar-refractivity contribution in [2.75, 3.05) is 46.9 Å². The second-order valence-corrected chi connectivity index (χ2v) is 7.06. The van der Waals surface area contributed by atoms with Crippen LogP contribution in [0.15, 0.2) is 4.99 Å². The van der Waals surface area contributed by atoms with Gasteiger partial charge in [0.1, 0.15) is 6.54 Å². The van der Waals surface area contributed by atoms with Crippen LogP contribution in [0.2, 0.25) is 0 Å². The summed E-state index contributed by atoms with van der Waals surface area (Å²) in [5, 5.41) is 6.21. The van der Waals surface area contributed by atoms with Crippen LogP contribution in [0.25, 0.3) is 0 Å². The summed E-state index contributed by atoms with van der Waals surface area (Å²) >= 11 is 0. The van der Waals surface area contributed by atoms with Crippen molar-refractivity contribution in [1.82, 2.24) is 20.4 Å². The minimum Gasteiger partial charge on any atom is -0.450 e. The lowest BCUT2D eigenvalue weighted by Crippen LogP contribution is -2.50. The molecule has 0 unspecified atom stereocenters. The lowest BCUT2D eigenvalue weighted by atomic mass is 10.1. The highest BCUT2D eigenvalue weighted by atomic mass is 19.4. The minimum absolute atomic E-state index is 0.0261. The molecule has 0 saturated carbocycles. The molecule has 1 aliphatic rings. The van der Waals surface area contributed by atoms with E-state index in [4.69, 9.17) is 4.74 Å². The molecule has 1 saturated heterocycles. The standard InChI is InChI=1S/C18H32F3N5O3/c1-4-29-17(28)26-11-7-14(8-12-26)24-16(23-13-15(27)25(2)3)22-10-6-5-9-18(19,20)21/h14H,4-13H2,1-3H3,(H2,22,23,24). The Labute approximate surface area is 169 Å². The molecule has 0 bridgehead atoms. The number of piperidine rings is 1. The van der Waals surface area contributed by atoms with E-state index in [1.165, 1.54) is 4.90 Å². The predicted molar refractivity (Wildman–Crippen MR) is 104 cm³/mol. The smallest absolute Gasteiger partial charge is 0.409 e. The van der Waals surface area contributed by atoms with Gasteiger partial charge in [-0.05, 0) is 32.6 Å². The first-order chi connectivity index (χ1) is 13.6. The Morgan fingerprint density at radius 1 is 1.21 bits per heavy atom. The highest BCUT2D eigenvalue weighted by Gasteiger charge is 2.26. The molecule has 0 radical (unpaired) electrons. The van der Waals surface area contributed by atoms with Crippen LogP contribution in [0.3, 0.4) is 0 Å². The third-order valence-corrected chi connectivity index (χ3v) is 4.41. The number of halogens is 3. The normalized spacial score (nSPS) is 15.8. The number of rotatable bonds is 8. The summed E-state index contributed by atoms with van der Waals surface area (Å²) < 4.78 is 41.7. The molecule has 1 aliphatic heterocycles. The Morgan fingerprint density at radius 2 is 1.86 bits per heavy atom. The summed E-state index contributed by atoms with van der Waals surface area (Å²) in [6, 6.07) is 0.0385. The van der Waals surface area contributed by atoms with Crippen LogP contribution in [0.1, 0.15) is 39.0 Å². The minimum atomic E-state index is -4.15. The zero-order valence-electron chi connectivity index (χ0n) is 17.3. The highest BCUT2D eigenvalue weighted by molar-refractivity contribution is 5.85. The van der Waals surface area contributed by atoms with Gasteiger partial charge in [-0.15, -0.1) is 0 Å². The van der Waals surface area contributed by atoms with Crippen LogP contribution < -0.4 is 10.6 Å². The molecule has 0 aromatic rings. The molecule has 2 N–H and O–H groups in total. The molecule has 29 heavy (non-hydrogen) atoms. The van der Waals surface area contributed by atoms with E-state index in [1.54, 1.807) is 25.9 Å². The van der Waals surface area contributed by atoms with Crippen molar-refractivity contribution in [3.63, 3.8) is 0 Å². The van der Waals surface area contributed by atoms with Gasteiger partial charge >= 0.3 is 12.3 Å². The fourth-order valence-corrected chi connectivity index (χ4v) is 2.71. The Bertz CT molecular complexity index is 547. The number of ether oxygens (including phenoxy) is 1. The van der Waals surface area contributed by atoms with Gasteiger partial charge in [0.2, 0.25) is 5.91 Å². The lowest BCUT2D eigenvalue weighted by molar-refractivity contribution is -0.135. The molecule has 0 aromatic heterocycles. The number of hydrogen-bond donors (Lipinski definition) is 2. The Morgan fingerprint density at radius 3 is 2.41 bits per heavy atom. The number of likely N-dealkylation sites (tertiary alicyclic amines) is 1. The topological polar surface area (TPSA) is 86.3 Å². The number of unbranched alkanes of at least 4 members (excludes halogenated alkanes) is 1. The number of aliphatic imine (C=N–C) groups is 1. The Kier molecular flexibility index (Phi) is 10.6. The number of amides is 2. The maximum Gasteiger partial charge on any atom is 0.409 e. The fraction of sp³-hybridized carbons (Fsp3) is 0.833. The Hall–Kier alpha value is -2.20. The van der Waals surface area contributed by atoms with Crippen LogP contribution in [0.5, 0.6) is 0 Å². The number of guanidine groups is 1. The number of nitrogens with one attached hydrogen (secondary N) is 2. The first kappa shape index (κ1) is 24.8. The van der Waals surface area contributed by atoms with E-state index in [1.807, 2.05) is 0 Å². The van der Waals surface area contributed by atoms with E-state index < -0.39 is 12.6 Å². The van der Waals surface area contributed by atoms with Crippen molar-refractivity contribution in [3.8, 4) is 0 Å². The highest BCUT2D eigenvalue weighted by Crippen LogP contribution is 2.21. The molecule has 0 atom stereocenters. The summed E-state index contributed by atoms with van der Waals surface area (Å²) in [6.07, 6.45) is -3.59. The van der Waals surface area contributed by atoms with Crippen molar-refractivity contribution in [2.45, 2.75) is 51.2 Å². The number of alkyl halides is 3. The van der Waals surface area contributed by atoms with E-state index >= 15 is 0 Å². The van der Waals surface area contributed by atoms with E-state index in [0.717, 1.165) is 0 Å². The van der Waals surface area contributed by atoms with E-state index in [0.29, 0.717) is 51.5 Å². The molecular formula is C18H32F3N5O3. The quantitative estimate of drug-likeness (QED) is 0.354. The number of carbonyl (C=O) groups is 2. The first-order valence-electron chi connectivity index (χ1n) is 9.85. The zero-order chi connectivity index (χ0) is 21.9. The molecule has 0 aliphatic carbocycles. The van der Waals surface area contributed by atoms with Crippen LogP contribution in [-0.2, 0) is 9.53 Å². The average molecular weight is 423 g/mol. The van der Waals surface area contributed by atoms with Crippen LogP contribution >= 0.6 is 0 Å². The molecule has 0 aromatic carbocycles. The molecule has 168 valence electrons. The van der Waals surface area contributed by atoms with Gasteiger partial charge in [-0.3, -0.25) is 4.79 Å². The lowest BCUT2D eigenvalue weighted by Gasteiger charge is -2.32. The van der Waals surface area contributed by atoms with E-state index in [-0.39, 0.29) is 31.0 Å². The maximum absolute atomic E-state index is 12.2. The van der Waals surface area contributed by atoms with Gasteiger partial charge in [0.15, 0.2) is 5.96 Å². The molecule has 1 rings (SSSR count). The van der Waals surface area contributed by atoms with Crippen molar-refractivity contribution in [1.29, 1.82) is 0 Å². The van der Waals surface area contributed by atoms with Crippen LogP contribution in [0, 0.1) is 0 Å². The first-order valence-corrected chi connectivity index (χ1v) is 9.85. The molecule has 0 spiro atoms. The van der Waals surface area contributed by atoms with Crippen molar-refractivity contribution >= 4 is 18.0 Å². The molecule has 8 nitrogen and oxygen atoms in total. The Balaban J connectivity index is 2.52. The van der Waals surface area contributed by atoms with E-state index in [2.05, 4.69) is 15.6 Å². The third kappa shape index (κ3) is 10.8. The predicted octanol–water partition coefficient (Wildman–Crippen LogP) is 1.96. The van der Waals surface area contributed by atoms with Gasteiger partial charge < -0.3 is 25.2 Å². The van der Waals surface area contributed by atoms with E-state index in [9.17, 15) is 22.8 Å². The monoisotopic (exact) mass is 423 g/mol. The van der Waals surface area contributed by atoms with Crippen LogP contribution in [-0.4, -0.2) is 86.9 Å². The van der Waals surface area contributed by atoms with Gasteiger partial charge in [-0.1, -0.05) is 0 Å². The van der Waals surface area contributed by atoms with Gasteiger partial charge in [0.25, 0.3) is 0 Å². The summed E-state index contributed by atoms with van der Waals surface area (Å²) in [7, 11) is 3.25. The van der Waals surface area contributed by atoms with Gasteiger partial charge in [-0.2, -0.15) is 13.2 Å². The largest absolute Gasteiger partial charge is 0.450 e. The summed E-state index contributed by atoms with van der Waals surface area (Å²) in [6.45, 7) is 3.40. The molecular weight excluding hydrogens is 391 g/mol. The number of hydrogen-bond acceptors (Lipinski definition) is 4. The van der Waals surface area contributed by atoms with Gasteiger partial charge in [0, 0.05) is 46.2 Å². The van der Waals surface area contributed by atoms with Crippen LogP contribution in [0.4, 0.5) is 18.0 Å². The maximum atomic E-state index is 12.2. The molecule has 11 heteroatoms. The fourth-order valence-electron chi connectivity index (χ4n) is 2.71. The number of carbonyl (C=O) groups excluding carboxylic acids is 2. The van der Waals surface area contributed by atoms with Gasteiger partial charge in [-0.25, -0.2) is 9.79 Å². The summed E-state index contributed by atoms with van der Waals surface area (Å²) in [5.41, 5.74) is 0. The van der Waals surface area contributed by atoms with Crippen molar-refractivity contribution in [2.24, 2.45) is 4.99 Å². The SMILES string of the molecule is CCOC(=O)N1CCC(NC(=NCC(=O)N(C)C)NCCCCC(F)(F)F)CC1. The molecule has 1 fully saturated rings. The zero-order valence-corrected chi connectivity index (χ0v) is 17.3. The molecule has 1 heterocycles. The summed E-state index contributed by atoms with van der Waals surface area (Å²) in [4.78, 5) is 30.9. The van der Waals surface area contributed by atoms with Gasteiger partial charge in [0.05, 0.1) is 6.61 Å². The second kappa shape index (κ2) is 12.4. The second-order valence-electron chi connectivity index (χ2n) is 7.06. The summed E-state index contributed by atoms with van der Waals surface area (Å²) in [5.74, 6) is 0.210.